The maximum absolute atomic E-state index is 12.7. The van der Waals surface area contributed by atoms with Crippen LogP contribution in [0.25, 0.3) is 0 Å². The van der Waals surface area contributed by atoms with Gasteiger partial charge < -0.3 is 14.6 Å². The topological polar surface area (TPSA) is 62.5 Å². The van der Waals surface area contributed by atoms with Crippen LogP contribution in [0.3, 0.4) is 0 Å². The van der Waals surface area contributed by atoms with Gasteiger partial charge >= 0.3 is 6.18 Å². The molecule has 1 fully saturated rings. The van der Waals surface area contributed by atoms with Gasteiger partial charge in [0.15, 0.2) is 12.4 Å². The van der Waals surface area contributed by atoms with Crippen molar-refractivity contribution in [1.82, 2.24) is 0 Å². The van der Waals surface area contributed by atoms with Crippen molar-refractivity contribution in [3.8, 4) is 17.6 Å². The molecule has 8 heteroatoms. The molecule has 4 atom stereocenters. The maximum Gasteiger partial charge on any atom is 0.426 e. The van der Waals surface area contributed by atoms with Crippen molar-refractivity contribution in [2.45, 2.75) is 32.4 Å². The van der Waals surface area contributed by atoms with E-state index < -0.39 is 40.9 Å². The van der Waals surface area contributed by atoms with Gasteiger partial charge in [-0.05, 0) is 41.2 Å². The van der Waals surface area contributed by atoms with Crippen LogP contribution in [0.5, 0.6) is 11.5 Å². The molecule has 2 aromatic rings. The smallest absolute Gasteiger partial charge is 0.426 e. The summed E-state index contributed by atoms with van der Waals surface area (Å²) < 4.78 is 49.5. The Morgan fingerprint density at radius 2 is 1.81 bits per heavy atom. The number of benzene rings is 2. The van der Waals surface area contributed by atoms with E-state index in [1.54, 1.807) is 50.2 Å². The number of aliphatic hydroxyl groups is 1. The summed E-state index contributed by atoms with van der Waals surface area (Å²) in [7, 11) is 0. The lowest BCUT2D eigenvalue weighted by molar-refractivity contribution is -0.140. The molecule has 1 aliphatic rings. The number of aliphatic hydroxyl groups excluding tert-OH is 1. The van der Waals surface area contributed by atoms with Crippen molar-refractivity contribution in [2.75, 3.05) is 0 Å². The molecule has 1 aliphatic carbocycles. The molecule has 2 aromatic carbocycles. The normalized spacial score (nSPS) is 22.3. The molecule has 4 nitrogen and oxygen atoms in total. The van der Waals surface area contributed by atoms with Gasteiger partial charge in [0, 0.05) is 5.92 Å². The minimum atomic E-state index is -4.65. The number of para-hydroxylation sites is 1. The summed E-state index contributed by atoms with van der Waals surface area (Å²) in [5.74, 6) is -0.177. The molecule has 0 amide bonds. The molecule has 1 unspecified atom stereocenters. The molecule has 3 rings (SSSR count). The van der Waals surface area contributed by atoms with E-state index in [0.29, 0.717) is 17.1 Å². The van der Waals surface area contributed by atoms with Crippen LogP contribution >= 0.6 is 11.6 Å². The third kappa shape index (κ3) is 5.40. The van der Waals surface area contributed by atoms with Crippen molar-refractivity contribution < 1.29 is 27.8 Å². The second-order valence-electron chi connectivity index (χ2n) is 7.91. The van der Waals surface area contributed by atoms with Crippen LogP contribution in [0.2, 0.25) is 0 Å². The Balaban J connectivity index is 1.71. The standard InChI is InChI=1S/C23H21ClF3NO3/c1-22(2)17(12-19(24)23(25,26)27)20(22)21(29)31-18(13-28)14-7-6-10-16(11-14)30-15-8-4-3-5-9-15/h3-12,17-18,20-21,29H,1-2H3/t17-,18+,20-,21?/m0/s1. The second kappa shape index (κ2) is 8.91. The largest absolute Gasteiger partial charge is 0.457 e. The third-order valence-electron chi connectivity index (χ3n) is 5.43. The highest BCUT2D eigenvalue weighted by atomic mass is 35.5. The molecule has 0 aliphatic heterocycles. The quantitative estimate of drug-likeness (QED) is 0.499. The van der Waals surface area contributed by atoms with E-state index >= 15 is 0 Å². The lowest BCUT2D eigenvalue weighted by Gasteiger charge is -2.18. The van der Waals surface area contributed by atoms with Gasteiger partial charge in [0.2, 0.25) is 0 Å². The molecule has 0 bridgehead atoms. The van der Waals surface area contributed by atoms with Crippen LogP contribution in [0, 0.1) is 28.6 Å². The second-order valence-corrected chi connectivity index (χ2v) is 8.32. The zero-order valence-corrected chi connectivity index (χ0v) is 17.6. The van der Waals surface area contributed by atoms with Gasteiger partial charge in [-0.3, -0.25) is 0 Å². The molecule has 0 spiro atoms. The molecule has 31 heavy (non-hydrogen) atoms. The number of alkyl halides is 3. The summed E-state index contributed by atoms with van der Waals surface area (Å²) in [6, 6.07) is 17.7. The zero-order chi connectivity index (χ0) is 22.8. The predicted molar refractivity (Wildman–Crippen MR) is 109 cm³/mol. The number of nitrogens with zero attached hydrogens (tertiary/aromatic N) is 1. The van der Waals surface area contributed by atoms with Crippen LogP contribution in [0.4, 0.5) is 13.2 Å². The summed E-state index contributed by atoms with van der Waals surface area (Å²) >= 11 is 5.35. The number of nitriles is 1. The minimum absolute atomic E-state index is 0.453. The average molecular weight is 452 g/mol. The fourth-order valence-corrected chi connectivity index (χ4v) is 3.74. The molecule has 0 saturated heterocycles. The van der Waals surface area contributed by atoms with Gasteiger partial charge in [-0.1, -0.05) is 61.9 Å². The van der Waals surface area contributed by atoms with Gasteiger partial charge in [0.05, 0.1) is 6.07 Å². The number of rotatable bonds is 7. The average Bonchev–Trinajstić information content (AvgIpc) is 3.26. The first kappa shape index (κ1) is 23.1. The first-order chi connectivity index (χ1) is 14.5. The first-order valence-corrected chi connectivity index (χ1v) is 9.92. The molecule has 1 N–H and O–H groups in total. The summed E-state index contributed by atoms with van der Waals surface area (Å²) in [4.78, 5) is 0. The molecular weight excluding hydrogens is 431 g/mol. The fraction of sp³-hybridized carbons (Fsp3) is 0.348. The van der Waals surface area contributed by atoms with Crippen molar-refractivity contribution in [3.05, 3.63) is 71.3 Å². The van der Waals surface area contributed by atoms with Crippen LogP contribution in [-0.4, -0.2) is 17.6 Å². The fourth-order valence-electron chi connectivity index (χ4n) is 3.61. The minimum Gasteiger partial charge on any atom is -0.457 e. The number of halogens is 4. The Labute approximate surface area is 183 Å². The van der Waals surface area contributed by atoms with Crippen LogP contribution in [0.15, 0.2) is 65.7 Å². The van der Waals surface area contributed by atoms with Gasteiger partial charge in [-0.15, -0.1) is 0 Å². The number of hydrogen-bond acceptors (Lipinski definition) is 4. The summed E-state index contributed by atoms with van der Waals surface area (Å²) in [5, 5.41) is 18.8. The highest BCUT2D eigenvalue weighted by Gasteiger charge is 2.61. The Bertz CT molecular complexity index is 986. The summed E-state index contributed by atoms with van der Waals surface area (Å²) in [6.07, 6.45) is -6.33. The van der Waals surface area contributed by atoms with Gasteiger partial charge in [0.1, 0.15) is 16.5 Å². The van der Waals surface area contributed by atoms with Crippen molar-refractivity contribution in [1.29, 1.82) is 5.26 Å². The highest BCUT2D eigenvalue weighted by molar-refractivity contribution is 6.30. The van der Waals surface area contributed by atoms with Crippen LogP contribution in [-0.2, 0) is 4.74 Å². The van der Waals surface area contributed by atoms with Crippen molar-refractivity contribution >= 4 is 11.6 Å². The van der Waals surface area contributed by atoms with Crippen LogP contribution in [0.1, 0.15) is 25.5 Å². The van der Waals surface area contributed by atoms with E-state index in [-0.39, 0.29) is 0 Å². The Morgan fingerprint density at radius 1 is 1.16 bits per heavy atom. The van der Waals surface area contributed by atoms with E-state index in [0.717, 1.165) is 6.08 Å². The Kier molecular flexibility index (Phi) is 6.65. The van der Waals surface area contributed by atoms with Crippen molar-refractivity contribution in [2.24, 2.45) is 17.3 Å². The monoisotopic (exact) mass is 451 g/mol. The Morgan fingerprint density at radius 3 is 2.42 bits per heavy atom. The first-order valence-electron chi connectivity index (χ1n) is 9.54. The van der Waals surface area contributed by atoms with Crippen LogP contribution < -0.4 is 4.74 Å². The highest BCUT2D eigenvalue weighted by Crippen LogP contribution is 2.62. The molecular formula is C23H21ClF3NO3. The number of hydrogen-bond donors (Lipinski definition) is 1. The summed E-state index contributed by atoms with van der Waals surface area (Å²) in [5.41, 5.74) is -0.211. The third-order valence-corrected chi connectivity index (χ3v) is 5.77. The number of allylic oxidation sites excluding steroid dienone is 2. The molecule has 0 radical (unpaired) electrons. The molecule has 1 saturated carbocycles. The maximum atomic E-state index is 12.7. The van der Waals surface area contributed by atoms with Gasteiger partial charge in [0.25, 0.3) is 0 Å². The lowest BCUT2D eigenvalue weighted by atomic mass is 10.1. The molecule has 0 heterocycles. The van der Waals surface area contributed by atoms with E-state index in [2.05, 4.69) is 0 Å². The van der Waals surface area contributed by atoms with E-state index in [1.165, 1.54) is 0 Å². The lowest BCUT2D eigenvalue weighted by Crippen LogP contribution is -2.20. The zero-order valence-electron chi connectivity index (χ0n) is 16.8. The number of ether oxygens (including phenoxy) is 2. The van der Waals surface area contributed by atoms with E-state index in [4.69, 9.17) is 21.1 Å². The molecule has 164 valence electrons. The van der Waals surface area contributed by atoms with E-state index in [9.17, 15) is 23.5 Å². The van der Waals surface area contributed by atoms with Crippen molar-refractivity contribution in [3.63, 3.8) is 0 Å². The SMILES string of the molecule is CC1(C)[C@H](C(O)O[C@H](C#N)c2cccc(Oc3ccccc3)c2)[C@@H]1C=C(Cl)C(F)(F)F. The summed E-state index contributed by atoms with van der Waals surface area (Å²) in [6.45, 7) is 3.42. The predicted octanol–water partition coefficient (Wildman–Crippen LogP) is 6.34. The van der Waals surface area contributed by atoms with Gasteiger partial charge in [-0.2, -0.15) is 18.4 Å². The van der Waals surface area contributed by atoms with E-state index in [1.807, 2.05) is 24.3 Å². The van der Waals surface area contributed by atoms with Gasteiger partial charge in [-0.25, -0.2) is 0 Å². The molecule has 0 aromatic heterocycles. The Hall–Kier alpha value is -2.53.